The second-order valence-corrected chi connectivity index (χ2v) is 3.81. The lowest BCUT2D eigenvalue weighted by molar-refractivity contribution is 0.686. The monoisotopic (exact) mass is 194 g/mol. The zero-order valence-electron chi connectivity index (χ0n) is 7.27. The van der Waals surface area contributed by atoms with Crippen LogP contribution >= 0.6 is 11.3 Å². The fourth-order valence-electron chi connectivity index (χ4n) is 1.09. The van der Waals surface area contributed by atoms with Gasteiger partial charge in [0.05, 0.1) is 23.4 Å². The van der Waals surface area contributed by atoms with Crippen LogP contribution in [0.25, 0.3) is 0 Å². The van der Waals surface area contributed by atoms with Crippen molar-refractivity contribution in [3.05, 3.63) is 28.5 Å². The van der Waals surface area contributed by atoms with Crippen LogP contribution in [0, 0.1) is 6.92 Å². The number of nitrogens with two attached hydrogens (primary N) is 1. The van der Waals surface area contributed by atoms with E-state index in [1.54, 1.807) is 11.3 Å². The highest BCUT2D eigenvalue weighted by Gasteiger charge is 2.01. The number of aromatic nitrogens is 3. The average molecular weight is 194 g/mol. The van der Waals surface area contributed by atoms with E-state index in [-0.39, 0.29) is 0 Å². The number of thiazole rings is 1. The Kier molecular flexibility index (Phi) is 2.02. The fourth-order valence-corrected chi connectivity index (χ4v) is 1.68. The lowest BCUT2D eigenvalue weighted by Crippen LogP contribution is -1.98. The predicted molar refractivity (Wildman–Crippen MR) is 52.6 cm³/mol. The van der Waals surface area contributed by atoms with E-state index in [9.17, 15) is 0 Å². The fraction of sp³-hybridized carbons (Fsp3) is 0.250. The lowest BCUT2D eigenvalue weighted by Gasteiger charge is -1.95. The van der Waals surface area contributed by atoms with Crippen LogP contribution in [0.2, 0.25) is 0 Å². The summed E-state index contributed by atoms with van der Waals surface area (Å²) in [6, 6.07) is 0. The molecule has 0 radical (unpaired) electrons. The molecule has 2 heterocycles. The van der Waals surface area contributed by atoms with Crippen molar-refractivity contribution in [3.63, 3.8) is 0 Å². The van der Waals surface area contributed by atoms with Gasteiger partial charge in [-0.25, -0.2) is 0 Å². The Labute approximate surface area is 80.0 Å². The van der Waals surface area contributed by atoms with Gasteiger partial charge in [0.1, 0.15) is 0 Å². The quantitative estimate of drug-likeness (QED) is 0.783. The Morgan fingerprint density at radius 1 is 1.62 bits per heavy atom. The lowest BCUT2D eigenvalue weighted by atomic mass is 10.4. The molecular weight excluding hydrogens is 184 g/mol. The minimum Gasteiger partial charge on any atom is -0.396 e. The molecule has 5 heteroatoms. The number of aryl methyl sites for hydroxylation is 1. The molecule has 0 saturated heterocycles. The molecule has 0 spiro atoms. The van der Waals surface area contributed by atoms with Crippen molar-refractivity contribution in [3.8, 4) is 0 Å². The first kappa shape index (κ1) is 8.25. The van der Waals surface area contributed by atoms with Crippen LogP contribution in [0.1, 0.15) is 10.6 Å². The average Bonchev–Trinajstić information content (AvgIpc) is 2.64. The Hall–Kier alpha value is -1.36. The van der Waals surface area contributed by atoms with Gasteiger partial charge >= 0.3 is 0 Å². The van der Waals surface area contributed by atoms with Crippen molar-refractivity contribution in [2.24, 2.45) is 0 Å². The highest BCUT2D eigenvalue weighted by atomic mass is 32.1. The minimum absolute atomic E-state index is 0.740. The predicted octanol–water partition coefficient (Wildman–Crippen LogP) is 1.28. The summed E-state index contributed by atoms with van der Waals surface area (Å²) >= 11 is 1.62. The number of rotatable bonds is 2. The van der Waals surface area contributed by atoms with Crippen LogP contribution in [-0.4, -0.2) is 14.8 Å². The molecule has 2 N–H and O–H groups in total. The Morgan fingerprint density at radius 3 is 3.00 bits per heavy atom. The maximum Gasteiger partial charge on any atom is 0.0823 e. The Bertz CT molecular complexity index is 371. The zero-order chi connectivity index (χ0) is 9.26. The van der Waals surface area contributed by atoms with Crippen LogP contribution in [0.15, 0.2) is 17.9 Å². The van der Waals surface area contributed by atoms with E-state index in [4.69, 9.17) is 5.73 Å². The second kappa shape index (κ2) is 3.18. The van der Waals surface area contributed by atoms with E-state index in [1.165, 1.54) is 4.88 Å². The van der Waals surface area contributed by atoms with E-state index >= 15 is 0 Å². The van der Waals surface area contributed by atoms with Gasteiger partial charge in [0.15, 0.2) is 0 Å². The molecule has 4 nitrogen and oxygen atoms in total. The van der Waals surface area contributed by atoms with Crippen molar-refractivity contribution in [1.29, 1.82) is 0 Å². The third-order valence-electron chi connectivity index (χ3n) is 1.79. The highest BCUT2D eigenvalue weighted by molar-refractivity contribution is 7.09. The normalized spacial score (nSPS) is 10.5. The van der Waals surface area contributed by atoms with Gasteiger partial charge in [-0.2, -0.15) is 5.10 Å². The van der Waals surface area contributed by atoms with Gasteiger partial charge in [0.2, 0.25) is 0 Å². The molecule has 0 aliphatic heterocycles. The van der Waals surface area contributed by atoms with Crippen LogP contribution in [0.5, 0.6) is 0 Å². The molecule has 0 unspecified atom stereocenters. The van der Waals surface area contributed by atoms with E-state index < -0.39 is 0 Å². The molecule has 0 amide bonds. The first-order chi connectivity index (χ1) is 6.25. The van der Waals surface area contributed by atoms with E-state index in [2.05, 4.69) is 10.1 Å². The zero-order valence-corrected chi connectivity index (χ0v) is 8.08. The summed E-state index contributed by atoms with van der Waals surface area (Å²) in [5.41, 5.74) is 9.11. The first-order valence-corrected chi connectivity index (χ1v) is 4.80. The smallest absolute Gasteiger partial charge is 0.0823 e. The number of hydrogen-bond donors (Lipinski definition) is 1. The summed E-state index contributed by atoms with van der Waals surface area (Å²) < 4.78 is 1.83. The summed E-state index contributed by atoms with van der Waals surface area (Å²) in [4.78, 5) is 5.18. The maximum atomic E-state index is 5.67. The van der Waals surface area contributed by atoms with Crippen LogP contribution in [0.4, 0.5) is 5.69 Å². The molecular formula is C8H10N4S. The Balaban J connectivity index is 2.19. The van der Waals surface area contributed by atoms with Crippen LogP contribution in [0.3, 0.4) is 0 Å². The molecule has 68 valence electrons. The molecule has 2 aromatic rings. The summed E-state index contributed by atoms with van der Waals surface area (Å²) in [6.45, 7) is 2.65. The van der Waals surface area contributed by atoms with Crippen molar-refractivity contribution in [2.75, 3.05) is 5.73 Å². The van der Waals surface area contributed by atoms with E-state index in [1.807, 2.05) is 29.5 Å². The molecule has 13 heavy (non-hydrogen) atoms. The van der Waals surface area contributed by atoms with Crippen molar-refractivity contribution >= 4 is 17.0 Å². The van der Waals surface area contributed by atoms with Gasteiger partial charge in [-0.15, -0.1) is 11.3 Å². The number of anilines is 1. The standard InChI is InChI=1S/C8H10N4S/c1-6-8(9)4-12(11-6)3-7-2-10-5-13-7/h2,4-5H,3,9H2,1H3. The highest BCUT2D eigenvalue weighted by Crippen LogP contribution is 2.11. The minimum atomic E-state index is 0.740. The van der Waals surface area contributed by atoms with Crippen molar-refractivity contribution < 1.29 is 0 Å². The number of nitrogen functional groups attached to an aromatic ring is 1. The molecule has 0 bridgehead atoms. The largest absolute Gasteiger partial charge is 0.396 e. The van der Waals surface area contributed by atoms with Gasteiger partial charge in [-0.1, -0.05) is 0 Å². The summed E-state index contributed by atoms with van der Waals surface area (Å²) in [6.07, 6.45) is 3.69. The van der Waals surface area contributed by atoms with Gasteiger partial charge in [0, 0.05) is 17.3 Å². The molecule has 0 atom stereocenters. The van der Waals surface area contributed by atoms with Gasteiger partial charge in [-0.05, 0) is 6.92 Å². The molecule has 0 aliphatic carbocycles. The maximum absolute atomic E-state index is 5.67. The third kappa shape index (κ3) is 1.70. The summed E-state index contributed by atoms with van der Waals surface area (Å²) in [5.74, 6) is 0. The van der Waals surface area contributed by atoms with E-state index in [0.29, 0.717) is 0 Å². The number of nitrogens with zero attached hydrogens (tertiary/aromatic N) is 3. The molecule has 0 fully saturated rings. The van der Waals surface area contributed by atoms with Gasteiger partial charge in [-0.3, -0.25) is 9.67 Å². The topological polar surface area (TPSA) is 56.7 Å². The molecule has 0 aromatic carbocycles. The van der Waals surface area contributed by atoms with E-state index in [0.717, 1.165) is 17.9 Å². The van der Waals surface area contributed by atoms with Gasteiger partial charge < -0.3 is 5.73 Å². The van der Waals surface area contributed by atoms with Gasteiger partial charge in [0.25, 0.3) is 0 Å². The summed E-state index contributed by atoms with van der Waals surface area (Å²) in [7, 11) is 0. The van der Waals surface area contributed by atoms with Crippen molar-refractivity contribution in [1.82, 2.24) is 14.8 Å². The van der Waals surface area contributed by atoms with Crippen LogP contribution in [-0.2, 0) is 6.54 Å². The Morgan fingerprint density at radius 2 is 2.46 bits per heavy atom. The SMILES string of the molecule is Cc1nn(Cc2cncs2)cc1N. The van der Waals surface area contributed by atoms with Crippen molar-refractivity contribution in [2.45, 2.75) is 13.5 Å². The first-order valence-electron chi connectivity index (χ1n) is 3.92. The second-order valence-electron chi connectivity index (χ2n) is 2.84. The molecule has 2 rings (SSSR count). The summed E-state index contributed by atoms with van der Waals surface area (Å²) in [5, 5.41) is 4.26. The molecule has 2 aromatic heterocycles. The molecule has 0 aliphatic rings. The third-order valence-corrected chi connectivity index (χ3v) is 2.55. The molecule has 0 saturated carbocycles. The van der Waals surface area contributed by atoms with Crippen LogP contribution < -0.4 is 5.73 Å². The number of hydrogen-bond acceptors (Lipinski definition) is 4.